The number of thiophene rings is 1. The van der Waals surface area contributed by atoms with Crippen molar-refractivity contribution in [3.63, 3.8) is 0 Å². The number of piperidine rings is 1. The van der Waals surface area contributed by atoms with Crippen LogP contribution in [0.2, 0.25) is 0 Å². The van der Waals surface area contributed by atoms with E-state index in [0.29, 0.717) is 19.4 Å². The minimum absolute atomic E-state index is 0.0644. The van der Waals surface area contributed by atoms with Crippen LogP contribution in [0.25, 0.3) is 0 Å². The van der Waals surface area contributed by atoms with E-state index in [9.17, 15) is 14.4 Å². The zero-order valence-corrected chi connectivity index (χ0v) is 21.5. The minimum atomic E-state index is -0.815. The highest BCUT2D eigenvalue weighted by Gasteiger charge is 2.54. The van der Waals surface area contributed by atoms with Gasteiger partial charge in [-0.05, 0) is 74.5 Å². The molecule has 1 aromatic heterocycles. The molecule has 35 heavy (non-hydrogen) atoms. The number of nitrogens with one attached hydrogen (secondary N) is 2. The number of hydrogen-bond donors (Lipinski definition) is 2. The van der Waals surface area contributed by atoms with E-state index in [0.717, 1.165) is 48.8 Å². The lowest BCUT2D eigenvalue weighted by molar-refractivity contribution is -0.134. The summed E-state index contributed by atoms with van der Waals surface area (Å²) < 4.78 is 5.20. The molecular formula is C26H34N4O4S. The van der Waals surface area contributed by atoms with E-state index in [-0.39, 0.29) is 23.8 Å². The molecule has 0 bridgehead atoms. The molecular weight excluding hydrogens is 464 g/mol. The summed E-state index contributed by atoms with van der Waals surface area (Å²) in [5.41, 5.74) is 0.244. The summed E-state index contributed by atoms with van der Waals surface area (Å²) in [7, 11) is 1.63. The summed E-state index contributed by atoms with van der Waals surface area (Å²) >= 11 is 1.59. The summed E-state index contributed by atoms with van der Waals surface area (Å²) in [6.07, 6.45) is 2.92. The third-order valence-electron chi connectivity index (χ3n) is 7.17. The first-order valence-corrected chi connectivity index (χ1v) is 13.0. The summed E-state index contributed by atoms with van der Waals surface area (Å²) in [6, 6.07) is 11.4. The van der Waals surface area contributed by atoms with E-state index < -0.39 is 5.54 Å². The summed E-state index contributed by atoms with van der Waals surface area (Å²) in [5, 5.41) is 6.78. The monoisotopic (exact) mass is 498 g/mol. The first-order valence-electron chi connectivity index (χ1n) is 12.2. The van der Waals surface area contributed by atoms with E-state index in [1.807, 2.05) is 37.3 Å². The van der Waals surface area contributed by atoms with Gasteiger partial charge in [0.05, 0.1) is 12.1 Å². The highest BCUT2D eigenvalue weighted by atomic mass is 32.1. The fourth-order valence-corrected chi connectivity index (χ4v) is 6.19. The van der Waals surface area contributed by atoms with Crippen molar-refractivity contribution >= 4 is 34.2 Å². The van der Waals surface area contributed by atoms with E-state index in [4.69, 9.17) is 4.74 Å². The number of methoxy groups -OCH3 is 1. The zero-order chi connectivity index (χ0) is 25.0. The van der Waals surface area contributed by atoms with Crippen molar-refractivity contribution in [2.24, 2.45) is 5.92 Å². The molecule has 2 N–H and O–H groups in total. The second-order valence-electron chi connectivity index (χ2n) is 9.31. The number of anilines is 1. The van der Waals surface area contributed by atoms with Gasteiger partial charge in [0.15, 0.2) is 0 Å². The Morgan fingerprint density at radius 1 is 1.17 bits per heavy atom. The number of hydrogen-bond acceptors (Lipinski definition) is 6. The van der Waals surface area contributed by atoms with Crippen LogP contribution in [0.4, 0.5) is 9.80 Å². The van der Waals surface area contributed by atoms with Crippen molar-refractivity contribution in [1.82, 2.24) is 15.1 Å². The van der Waals surface area contributed by atoms with Gasteiger partial charge in [-0.15, -0.1) is 11.3 Å². The molecule has 8 nitrogen and oxygen atoms in total. The number of ether oxygens (including phenoxy) is 1. The predicted molar refractivity (Wildman–Crippen MR) is 137 cm³/mol. The lowest BCUT2D eigenvalue weighted by Gasteiger charge is -2.40. The van der Waals surface area contributed by atoms with Crippen molar-refractivity contribution in [3.05, 3.63) is 46.8 Å². The molecule has 1 aromatic carbocycles. The van der Waals surface area contributed by atoms with E-state index >= 15 is 0 Å². The molecule has 2 aliphatic heterocycles. The molecule has 4 rings (SSSR count). The Labute approximate surface area is 210 Å². The molecule has 2 aromatic rings. The number of rotatable bonds is 9. The fraction of sp³-hybridized carbons (Fsp3) is 0.500. The topological polar surface area (TPSA) is 91.0 Å². The largest absolute Gasteiger partial charge is 0.497 e. The lowest BCUT2D eigenvalue weighted by Crippen LogP contribution is -2.55. The Kier molecular flexibility index (Phi) is 7.76. The molecule has 3 heterocycles. The standard InChI is InChI=1S/C26H34N4O4S/c1-4-26(20-12-14-29(15-13-20)17-22-9-10-23(35-22)27-18(2)31)24(32)30(25(33)28-26)16-11-19-5-7-21(34-3)8-6-19/h5-10,20H,4,11-17H2,1-3H3,(H,27,31)(H,28,33)/t26-/m1/s1. The van der Waals surface area contributed by atoms with E-state index in [1.54, 1.807) is 18.4 Å². The van der Waals surface area contributed by atoms with E-state index in [1.165, 1.54) is 16.7 Å². The number of carbonyl (C=O) groups excluding carboxylic acids is 3. The minimum Gasteiger partial charge on any atom is -0.497 e. The van der Waals surface area contributed by atoms with Crippen LogP contribution in [-0.4, -0.2) is 59.9 Å². The van der Waals surface area contributed by atoms with Gasteiger partial charge in [0.2, 0.25) is 5.91 Å². The maximum absolute atomic E-state index is 13.5. The van der Waals surface area contributed by atoms with Crippen molar-refractivity contribution in [2.45, 2.75) is 51.6 Å². The van der Waals surface area contributed by atoms with Gasteiger partial charge >= 0.3 is 6.03 Å². The van der Waals surface area contributed by atoms with Crippen LogP contribution < -0.4 is 15.4 Å². The van der Waals surface area contributed by atoms with Gasteiger partial charge in [-0.2, -0.15) is 0 Å². The molecule has 4 amide bonds. The third-order valence-corrected chi connectivity index (χ3v) is 8.15. The molecule has 9 heteroatoms. The van der Waals surface area contributed by atoms with Crippen LogP contribution in [0.5, 0.6) is 5.75 Å². The number of carbonyl (C=O) groups is 3. The highest BCUT2D eigenvalue weighted by Crippen LogP contribution is 2.37. The Bertz CT molecular complexity index is 1060. The Morgan fingerprint density at radius 2 is 1.89 bits per heavy atom. The average Bonchev–Trinajstić information content (AvgIpc) is 3.39. The average molecular weight is 499 g/mol. The summed E-state index contributed by atoms with van der Waals surface area (Å²) in [5.74, 6) is 0.748. The Balaban J connectivity index is 1.34. The molecule has 2 fully saturated rings. The second kappa shape index (κ2) is 10.8. The van der Waals surface area contributed by atoms with Crippen LogP contribution in [0.3, 0.4) is 0 Å². The van der Waals surface area contributed by atoms with Gasteiger partial charge in [-0.1, -0.05) is 19.1 Å². The maximum atomic E-state index is 13.5. The lowest BCUT2D eigenvalue weighted by atomic mass is 9.75. The van der Waals surface area contributed by atoms with Crippen LogP contribution >= 0.6 is 11.3 Å². The fourth-order valence-electron chi connectivity index (χ4n) is 5.19. The maximum Gasteiger partial charge on any atom is 0.325 e. The van der Waals surface area contributed by atoms with Crippen molar-refractivity contribution in [3.8, 4) is 5.75 Å². The van der Waals surface area contributed by atoms with E-state index in [2.05, 4.69) is 21.6 Å². The highest BCUT2D eigenvalue weighted by molar-refractivity contribution is 7.16. The van der Waals surface area contributed by atoms with Gasteiger partial charge in [0.1, 0.15) is 11.3 Å². The smallest absolute Gasteiger partial charge is 0.325 e. The quantitative estimate of drug-likeness (QED) is 0.512. The first kappa shape index (κ1) is 25.2. The zero-order valence-electron chi connectivity index (χ0n) is 20.6. The molecule has 188 valence electrons. The van der Waals surface area contributed by atoms with Crippen molar-refractivity contribution in [1.29, 1.82) is 0 Å². The molecule has 0 unspecified atom stereocenters. The Hall–Kier alpha value is -2.91. The number of amides is 4. The number of likely N-dealkylation sites (tertiary alicyclic amines) is 1. The van der Waals surface area contributed by atoms with Crippen LogP contribution in [0.1, 0.15) is 43.6 Å². The predicted octanol–water partition coefficient (Wildman–Crippen LogP) is 3.87. The molecule has 0 saturated carbocycles. The number of imide groups is 1. The second-order valence-corrected chi connectivity index (χ2v) is 10.5. The van der Waals surface area contributed by atoms with Gasteiger partial charge in [0.25, 0.3) is 5.91 Å². The summed E-state index contributed by atoms with van der Waals surface area (Å²) in [4.78, 5) is 42.6. The van der Waals surface area contributed by atoms with Crippen molar-refractivity contribution in [2.75, 3.05) is 32.1 Å². The van der Waals surface area contributed by atoms with Crippen LogP contribution in [0, 0.1) is 5.92 Å². The van der Waals surface area contributed by atoms with Crippen LogP contribution in [-0.2, 0) is 22.6 Å². The number of urea groups is 1. The summed E-state index contributed by atoms with van der Waals surface area (Å²) in [6.45, 7) is 6.43. The van der Waals surface area contributed by atoms with Gasteiger partial charge in [-0.3, -0.25) is 19.4 Å². The molecule has 2 saturated heterocycles. The molecule has 1 atom stereocenters. The molecule has 0 aliphatic carbocycles. The van der Waals surface area contributed by atoms with Crippen LogP contribution in [0.15, 0.2) is 36.4 Å². The number of nitrogens with zero attached hydrogens (tertiary/aromatic N) is 2. The molecule has 0 radical (unpaired) electrons. The third kappa shape index (κ3) is 5.51. The molecule has 2 aliphatic rings. The number of benzene rings is 1. The first-order chi connectivity index (χ1) is 16.8. The van der Waals surface area contributed by atoms with Crippen molar-refractivity contribution < 1.29 is 19.1 Å². The van der Waals surface area contributed by atoms with Gasteiger partial charge < -0.3 is 15.4 Å². The van der Waals surface area contributed by atoms with Gasteiger partial charge in [-0.25, -0.2) is 4.79 Å². The van der Waals surface area contributed by atoms with Gasteiger partial charge in [0, 0.05) is 24.9 Å². The molecule has 0 spiro atoms. The normalized spacial score (nSPS) is 21.3. The Morgan fingerprint density at radius 3 is 2.51 bits per heavy atom. The SMILES string of the molecule is CC[C@]1(C2CCN(Cc3ccc(NC(C)=O)s3)CC2)NC(=O)N(CCc2ccc(OC)cc2)C1=O.